The number of fused-ring (bicyclic) bond motifs is 2. The molecule has 0 radical (unpaired) electrons. The van der Waals surface area contributed by atoms with E-state index >= 15 is 0 Å². The van der Waals surface area contributed by atoms with E-state index in [9.17, 15) is 9.59 Å². The van der Waals surface area contributed by atoms with Gasteiger partial charge in [0.2, 0.25) is 11.5 Å². The fraction of sp³-hybridized carbons (Fsp3) is 0. The summed E-state index contributed by atoms with van der Waals surface area (Å²) in [6.45, 7) is 0. The fourth-order valence-corrected chi connectivity index (χ4v) is 3.49. The standard InChI is InChI=1S/C23H12BrNO5/c24-15-3-6-18-14(9-15)10-21(29-18)23(27)28-16-4-5-17-19(11-16)30-20(22(17)26)8-13-2-1-7-25-12-13/h1-12H/b20-8-. The maximum Gasteiger partial charge on any atom is 0.379 e. The first-order chi connectivity index (χ1) is 14.6. The summed E-state index contributed by atoms with van der Waals surface area (Å²) in [5.74, 6) is -0.0424. The van der Waals surface area contributed by atoms with Gasteiger partial charge in [-0.2, -0.15) is 0 Å². The number of esters is 1. The first-order valence-electron chi connectivity index (χ1n) is 8.96. The Bertz CT molecular complexity index is 1340. The minimum Gasteiger partial charge on any atom is -0.452 e. The van der Waals surface area contributed by atoms with Gasteiger partial charge in [0.25, 0.3) is 0 Å². The molecule has 0 amide bonds. The molecule has 1 aliphatic heterocycles. The number of carbonyl (C=O) groups is 2. The van der Waals surface area contributed by atoms with Crippen molar-refractivity contribution in [2.24, 2.45) is 0 Å². The van der Waals surface area contributed by atoms with Crippen LogP contribution in [-0.4, -0.2) is 16.7 Å². The molecule has 2 aromatic heterocycles. The largest absolute Gasteiger partial charge is 0.452 e. The Morgan fingerprint density at radius 2 is 2.00 bits per heavy atom. The lowest BCUT2D eigenvalue weighted by atomic mass is 10.1. The van der Waals surface area contributed by atoms with Crippen LogP contribution in [0.3, 0.4) is 0 Å². The van der Waals surface area contributed by atoms with E-state index in [0.29, 0.717) is 16.9 Å². The summed E-state index contributed by atoms with van der Waals surface area (Å²) in [6, 6.07) is 15.3. The molecule has 0 bridgehead atoms. The first kappa shape index (κ1) is 18.3. The predicted molar refractivity (Wildman–Crippen MR) is 112 cm³/mol. The second-order valence-corrected chi connectivity index (χ2v) is 7.48. The number of allylic oxidation sites excluding steroid dienone is 1. The lowest BCUT2D eigenvalue weighted by Gasteiger charge is -2.04. The van der Waals surface area contributed by atoms with E-state index in [1.54, 1.807) is 48.8 Å². The number of nitrogens with zero attached hydrogens (tertiary/aromatic N) is 1. The van der Waals surface area contributed by atoms with Crippen LogP contribution in [0.2, 0.25) is 0 Å². The first-order valence-corrected chi connectivity index (χ1v) is 9.76. The third-order valence-corrected chi connectivity index (χ3v) is 5.01. The molecule has 30 heavy (non-hydrogen) atoms. The van der Waals surface area contributed by atoms with Crippen molar-refractivity contribution in [3.63, 3.8) is 0 Å². The fourth-order valence-electron chi connectivity index (χ4n) is 3.12. The van der Waals surface area contributed by atoms with Crippen molar-refractivity contribution in [1.29, 1.82) is 0 Å². The number of rotatable bonds is 3. The molecule has 3 heterocycles. The van der Waals surface area contributed by atoms with Gasteiger partial charge in [-0.3, -0.25) is 9.78 Å². The van der Waals surface area contributed by atoms with Gasteiger partial charge in [-0.1, -0.05) is 22.0 Å². The van der Waals surface area contributed by atoms with Crippen LogP contribution < -0.4 is 9.47 Å². The Morgan fingerprint density at radius 3 is 2.83 bits per heavy atom. The molecule has 5 rings (SSSR count). The number of benzene rings is 2. The summed E-state index contributed by atoms with van der Waals surface area (Å²) < 4.78 is 17.5. The smallest absolute Gasteiger partial charge is 0.379 e. The molecule has 1 aliphatic rings. The summed E-state index contributed by atoms with van der Waals surface area (Å²) in [4.78, 5) is 29.0. The van der Waals surface area contributed by atoms with E-state index in [0.717, 1.165) is 15.4 Å². The Kier molecular flexibility index (Phi) is 4.44. The molecule has 0 N–H and O–H groups in total. The number of Topliss-reactive ketones (excluding diaryl/α,β-unsaturated/α-hetero) is 1. The van der Waals surface area contributed by atoms with Crippen molar-refractivity contribution in [1.82, 2.24) is 4.98 Å². The van der Waals surface area contributed by atoms with Crippen molar-refractivity contribution < 1.29 is 23.5 Å². The van der Waals surface area contributed by atoms with Crippen LogP contribution in [0.15, 0.2) is 81.6 Å². The number of carbonyl (C=O) groups excluding carboxylic acids is 2. The van der Waals surface area contributed by atoms with Gasteiger partial charge in [-0.05, 0) is 54.1 Å². The third kappa shape index (κ3) is 3.40. The number of hydrogen-bond donors (Lipinski definition) is 0. The number of pyridine rings is 1. The number of aromatic nitrogens is 1. The predicted octanol–water partition coefficient (Wildman–Crippen LogP) is 5.43. The highest BCUT2D eigenvalue weighted by molar-refractivity contribution is 9.10. The van der Waals surface area contributed by atoms with Gasteiger partial charge in [-0.15, -0.1) is 0 Å². The minimum absolute atomic E-state index is 0.0813. The SMILES string of the molecule is O=C(Oc1ccc2c(c1)O/C(=C\c1cccnc1)C2=O)c1cc2cc(Br)ccc2o1. The van der Waals surface area contributed by atoms with E-state index in [-0.39, 0.29) is 23.1 Å². The lowest BCUT2D eigenvalue weighted by molar-refractivity contribution is 0.0703. The van der Waals surface area contributed by atoms with Crippen LogP contribution in [-0.2, 0) is 0 Å². The number of ether oxygens (including phenoxy) is 2. The zero-order valence-electron chi connectivity index (χ0n) is 15.3. The van der Waals surface area contributed by atoms with Gasteiger partial charge in [-0.25, -0.2) is 4.79 Å². The van der Waals surface area contributed by atoms with Crippen molar-refractivity contribution in [2.45, 2.75) is 0 Å². The highest BCUT2D eigenvalue weighted by Gasteiger charge is 2.28. The molecular weight excluding hydrogens is 450 g/mol. The highest BCUT2D eigenvalue weighted by Crippen LogP contribution is 2.35. The normalized spacial score (nSPS) is 14.0. The second kappa shape index (κ2) is 7.27. The summed E-state index contributed by atoms with van der Waals surface area (Å²) in [7, 11) is 0. The second-order valence-electron chi connectivity index (χ2n) is 6.57. The van der Waals surface area contributed by atoms with Crippen molar-refractivity contribution >= 4 is 44.7 Å². The average Bonchev–Trinajstić information content (AvgIpc) is 3.29. The number of furan rings is 1. The maximum absolute atomic E-state index is 12.5. The molecule has 4 aromatic rings. The third-order valence-electron chi connectivity index (χ3n) is 4.51. The van der Waals surface area contributed by atoms with Crippen molar-refractivity contribution in [3.8, 4) is 11.5 Å². The molecule has 2 aromatic carbocycles. The Hall–Kier alpha value is -3.71. The van der Waals surface area contributed by atoms with Crippen molar-refractivity contribution in [2.75, 3.05) is 0 Å². The molecule has 0 spiro atoms. The van der Waals surface area contributed by atoms with Gasteiger partial charge in [0.15, 0.2) is 5.76 Å². The topological polar surface area (TPSA) is 78.6 Å². The van der Waals surface area contributed by atoms with Gasteiger partial charge in [0.1, 0.15) is 17.1 Å². The van der Waals surface area contributed by atoms with Gasteiger partial charge in [0, 0.05) is 28.3 Å². The lowest BCUT2D eigenvalue weighted by Crippen LogP contribution is -2.07. The van der Waals surface area contributed by atoms with E-state index in [4.69, 9.17) is 13.9 Å². The van der Waals surface area contributed by atoms with Crippen LogP contribution in [0.1, 0.15) is 26.5 Å². The molecule has 146 valence electrons. The number of ketones is 1. The Labute approximate surface area is 178 Å². The van der Waals surface area contributed by atoms with E-state index in [1.807, 2.05) is 18.2 Å². The molecule has 0 saturated heterocycles. The quantitative estimate of drug-likeness (QED) is 0.230. The van der Waals surface area contributed by atoms with E-state index in [2.05, 4.69) is 20.9 Å². The maximum atomic E-state index is 12.5. The molecule has 6 nitrogen and oxygen atoms in total. The zero-order valence-corrected chi connectivity index (χ0v) is 16.9. The highest BCUT2D eigenvalue weighted by atomic mass is 79.9. The average molecular weight is 462 g/mol. The molecule has 0 saturated carbocycles. The number of hydrogen-bond acceptors (Lipinski definition) is 6. The summed E-state index contributed by atoms with van der Waals surface area (Å²) in [6.07, 6.45) is 4.90. The van der Waals surface area contributed by atoms with Crippen LogP contribution in [0.5, 0.6) is 11.5 Å². The summed E-state index contributed by atoms with van der Waals surface area (Å²) >= 11 is 3.38. The molecule has 0 atom stereocenters. The molecule has 0 fully saturated rings. The molecule has 0 aliphatic carbocycles. The zero-order chi connectivity index (χ0) is 20.7. The van der Waals surface area contributed by atoms with Gasteiger partial charge >= 0.3 is 5.97 Å². The van der Waals surface area contributed by atoms with E-state index in [1.165, 1.54) is 6.07 Å². The Morgan fingerprint density at radius 1 is 1.10 bits per heavy atom. The monoisotopic (exact) mass is 461 g/mol. The van der Waals surface area contributed by atoms with Crippen LogP contribution in [0, 0.1) is 0 Å². The van der Waals surface area contributed by atoms with Crippen LogP contribution >= 0.6 is 15.9 Å². The summed E-state index contributed by atoms with van der Waals surface area (Å²) in [5.41, 5.74) is 1.73. The molecule has 7 heteroatoms. The van der Waals surface area contributed by atoms with Crippen LogP contribution in [0.4, 0.5) is 0 Å². The van der Waals surface area contributed by atoms with Crippen LogP contribution in [0.25, 0.3) is 17.0 Å². The van der Waals surface area contributed by atoms with Crippen molar-refractivity contribution in [3.05, 3.63) is 94.1 Å². The molecular formula is C23H12BrNO5. The summed E-state index contributed by atoms with van der Waals surface area (Å²) in [5, 5.41) is 0.782. The van der Waals surface area contributed by atoms with E-state index < -0.39 is 5.97 Å². The number of halogens is 1. The minimum atomic E-state index is -0.641. The Balaban J connectivity index is 1.38. The molecule has 0 unspecified atom stereocenters. The van der Waals surface area contributed by atoms with Gasteiger partial charge < -0.3 is 13.9 Å². The van der Waals surface area contributed by atoms with Gasteiger partial charge in [0.05, 0.1) is 5.56 Å².